The first-order chi connectivity index (χ1) is 13.2. The zero-order chi connectivity index (χ0) is 18.6. The van der Waals surface area contributed by atoms with Crippen LogP contribution in [0.5, 0.6) is 0 Å². The second kappa shape index (κ2) is 8.87. The summed E-state index contributed by atoms with van der Waals surface area (Å²) in [4.78, 5) is 4.44. The summed E-state index contributed by atoms with van der Waals surface area (Å²) >= 11 is 0. The van der Waals surface area contributed by atoms with Gasteiger partial charge >= 0.3 is 0 Å². The van der Waals surface area contributed by atoms with Gasteiger partial charge in [0.25, 0.3) is 0 Å². The number of fused-ring (bicyclic) bond motifs is 3. The number of nitrogens with zero attached hydrogens (tertiary/aromatic N) is 1. The summed E-state index contributed by atoms with van der Waals surface area (Å²) in [7, 11) is 0. The van der Waals surface area contributed by atoms with Crippen molar-refractivity contribution in [2.24, 2.45) is 10.7 Å². The molecule has 0 aliphatic heterocycles. The normalized spacial score (nSPS) is 12.7. The van der Waals surface area contributed by atoms with Gasteiger partial charge in [-0.2, -0.15) is 0 Å². The van der Waals surface area contributed by atoms with Crippen LogP contribution in [0.3, 0.4) is 0 Å². The highest BCUT2D eigenvalue weighted by atomic mass is 35.5. The van der Waals surface area contributed by atoms with Crippen molar-refractivity contribution in [3.05, 3.63) is 96.1 Å². The number of amidine groups is 1. The molecule has 0 radical (unpaired) electrons. The highest BCUT2D eigenvalue weighted by molar-refractivity contribution is 6.09. The Hall–Kier alpha value is -2.88. The van der Waals surface area contributed by atoms with Crippen LogP contribution in [0.25, 0.3) is 21.5 Å². The lowest BCUT2D eigenvalue weighted by Gasteiger charge is -2.16. The Morgan fingerprint density at radius 3 is 2.18 bits per heavy atom. The molecule has 142 valence electrons. The van der Waals surface area contributed by atoms with Crippen molar-refractivity contribution in [3.63, 3.8) is 0 Å². The smallest absolute Gasteiger partial charge is 0.0970 e. The van der Waals surface area contributed by atoms with E-state index in [2.05, 4.69) is 35.3 Å². The van der Waals surface area contributed by atoms with Crippen molar-refractivity contribution in [3.8, 4) is 0 Å². The second-order valence-electron chi connectivity index (χ2n) is 6.75. The van der Waals surface area contributed by atoms with Gasteiger partial charge in [0.1, 0.15) is 0 Å². The molecular formula is C24H23ClN2O. The zero-order valence-electron chi connectivity index (χ0n) is 15.5. The van der Waals surface area contributed by atoms with Gasteiger partial charge in [0.15, 0.2) is 0 Å². The van der Waals surface area contributed by atoms with Gasteiger partial charge in [0.2, 0.25) is 0 Å². The van der Waals surface area contributed by atoms with Crippen molar-refractivity contribution in [1.82, 2.24) is 0 Å². The molecule has 1 unspecified atom stereocenters. The number of aliphatic imine (C=N–C) groups is 1. The molecule has 0 fully saturated rings. The van der Waals surface area contributed by atoms with Crippen LogP contribution in [0.15, 0.2) is 89.9 Å². The minimum absolute atomic E-state index is 0. The lowest BCUT2D eigenvalue weighted by molar-refractivity contribution is 0.187. The number of nitrogens with two attached hydrogens (primary N) is 1. The first kappa shape index (κ1) is 19.9. The Balaban J connectivity index is 0.00000225. The summed E-state index contributed by atoms with van der Waals surface area (Å²) < 4.78 is 0. The largest absolute Gasteiger partial charge is 0.388 e. The molecule has 0 spiro atoms. The molecule has 4 aromatic carbocycles. The van der Waals surface area contributed by atoms with Gasteiger partial charge in [-0.1, -0.05) is 78.9 Å². The van der Waals surface area contributed by atoms with Crippen molar-refractivity contribution in [1.29, 1.82) is 0 Å². The Morgan fingerprint density at radius 1 is 0.821 bits per heavy atom. The molecule has 0 aromatic heterocycles. The van der Waals surface area contributed by atoms with Gasteiger partial charge in [-0.15, -0.1) is 12.4 Å². The van der Waals surface area contributed by atoms with E-state index < -0.39 is 6.10 Å². The fourth-order valence-corrected chi connectivity index (χ4v) is 3.51. The quantitative estimate of drug-likeness (QED) is 0.272. The molecule has 3 N–H and O–H groups in total. The van der Waals surface area contributed by atoms with Gasteiger partial charge in [0.05, 0.1) is 18.5 Å². The monoisotopic (exact) mass is 390 g/mol. The van der Waals surface area contributed by atoms with Crippen molar-refractivity contribution < 1.29 is 5.11 Å². The van der Waals surface area contributed by atoms with E-state index in [0.717, 1.165) is 27.3 Å². The molecule has 3 nitrogen and oxygen atoms in total. The van der Waals surface area contributed by atoms with Gasteiger partial charge < -0.3 is 10.8 Å². The maximum absolute atomic E-state index is 10.9. The summed E-state index contributed by atoms with van der Waals surface area (Å²) in [6.07, 6.45) is -0.381. The van der Waals surface area contributed by atoms with Gasteiger partial charge in [-0.05, 0) is 38.7 Å². The number of rotatable bonds is 5. The molecule has 0 aliphatic carbocycles. The van der Waals surface area contributed by atoms with E-state index >= 15 is 0 Å². The van der Waals surface area contributed by atoms with Gasteiger partial charge in [0, 0.05) is 6.42 Å². The molecule has 0 aliphatic rings. The zero-order valence-corrected chi connectivity index (χ0v) is 16.3. The number of hydrogen-bond donors (Lipinski definition) is 2. The van der Waals surface area contributed by atoms with Gasteiger partial charge in [-0.25, -0.2) is 0 Å². The summed E-state index contributed by atoms with van der Waals surface area (Å²) in [5, 5.41) is 15.4. The Bertz CT molecular complexity index is 1110. The van der Waals surface area contributed by atoms with Crippen LogP contribution in [0.1, 0.15) is 23.7 Å². The second-order valence-corrected chi connectivity index (χ2v) is 6.75. The van der Waals surface area contributed by atoms with Crippen LogP contribution in [0, 0.1) is 0 Å². The minimum atomic E-state index is -0.695. The fraction of sp³-hybridized carbons (Fsp3) is 0.125. The lowest BCUT2D eigenvalue weighted by atomic mass is 9.93. The first-order valence-corrected chi connectivity index (χ1v) is 9.13. The van der Waals surface area contributed by atoms with Crippen molar-refractivity contribution >= 4 is 39.8 Å². The molecular weight excluding hydrogens is 368 g/mol. The number of halogens is 1. The molecule has 1 atom stereocenters. The van der Waals surface area contributed by atoms with E-state index in [-0.39, 0.29) is 12.4 Å². The summed E-state index contributed by atoms with van der Waals surface area (Å²) in [6, 6.07) is 28.5. The van der Waals surface area contributed by atoms with Gasteiger partial charge in [-0.3, -0.25) is 4.99 Å². The van der Waals surface area contributed by atoms with E-state index in [1.807, 2.05) is 54.6 Å². The lowest BCUT2D eigenvalue weighted by Crippen LogP contribution is -2.16. The number of aliphatic hydroxyl groups excluding tert-OH is 1. The summed E-state index contributed by atoms with van der Waals surface area (Å²) in [5.41, 5.74) is 8.10. The Morgan fingerprint density at radius 2 is 1.43 bits per heavy atom. The SMILES string of the molecule is Cl.NC(CC(O)c1cc2ccccc2c2ccccc12)=NCc1ccccc1. The standard InChI is InChI=1S/C24H22N2O.ClH/c25-24(26-16-17-8-2-1-3-9-17)15-23(27)22-14-18-10-4-5-11-19(18)20-12-6-7-13-21(20)22;/h1-14,23,27H,15-16H2,(H2,25,26);1H. The van der Waals surface area contributed by atoms with Crippen molar-refractivity contribution in [2.45, 2.75) is 19.1 Å². The average Bonchev–Trinajstić information content (AvgIpc) is 2.72. The van der Waals surface area contributed by atoms with Crippen LogP contribution in [0.4, 0.5) is 0 Å². The van der Waals surface area contributed by atoms with E-state index in [1.165, 1.54) is 5.39 Å². The fourth-order valence-electron chi connectivity index (χ4n) is 3.51. The Labute approximate surface area is 170 Å². The van der Waals surface area contributed by atoms with Crippen LogP contribution in [-0.2, 0) is 6.54 Å². The molecule has 0 saturated carbocycles. The highest BCUT2D eigenvalue weighted by Crippen LogP contribution is 2.33. The third-order valence-electron chi connectivity index (χ3n) is 4.87. The minimum Gasteiger partial charge on any atom is -0.388 e. The maximum atomic E-state index is 10.9. The molecule has 4 heteroatoms. The molecule has 4 aromatic rings. The number of aliphatic hydroxyl groups is 1. The molecule has 0 heterocycles. The number of benzene rings is 4. The topological polar surface area (TPSA) is 58.6 Å². The van der Waals surface area contributed by atoms with E-state index in [9.17, 15) is 5.11 Å². The molecule has 0 bridgehead atoms. The highest BCUT2D eigenvalue weighted by Gasteiger charge is 2.15. The molecule has 0 saturated heterocycles. The van der Waals surface area contributed by atoms with E-state index in [0.29, 0.717) is 18.8 Å². The van der Waals surface area contributed by atoms with E-state index in [4.69, 9.17) is 5.73 Å². The van der Waals surface area contributed by atoms with Crippen LogP contribution < -0.4 is 5.73 Å². The summed E-state index contributed by atoms with van der Waals surface area (Å²) in [6.45, 7) is 0.526. The molecule has 4 rings (SSSR count). The van der Waals surface area contributed by atoms with Crippen molar-refractivity contribution in [2.75, 3.05) is 0 Å². The maximum Gasteiger partial charge on any atom is 0.0970 e. The predicted molar refractivity (Wildman–Crippen MR) is 120 cm³/mol. The predicted octanol–water partition coefficient (Wildman–Crippen LogP) is 5.40. The molecule has 28 heavy (non-hydrogen) atoms. The van der Waals surface area contributed by atoms with E-state index in [1.54, 1.807) is 0 Å². The third-order valence-corrected chi connectivity index (χ3v) is 4.87. The van der Waals surface area contributed by atoms with Crippen LogP contribution in [0.2, 0.25) is 0 Å². The Kier molecular flexibility index (Phi) is 6.30. The third kappa shape index (κ3) is 4.16. The molecule has 0 amide bonds. The van der Waals surface area contributed by atoms with Crippen LogP contribution >= 0.6 is 12.4 Å². The average molecular weight is 391 g/mol. The number of hydrogen-bond acceptors (Lipinski definition) is 2. The van der Waals surface area contributed by atoms with Crippen LogP contribution in [-0.4, -0.2) is 10.9 Å². The summed E-state index contributed by atoms with van der Waals surface area (Å²) in [5.74, 6) is 0.462. The first-order valence-electron chi connectivity index (χ1n) is 9.13.